The number of carbonyl (C=O) groups is 1. The minimum Gasteiger partial charge on any atom is -0.350 e. The zero-order valence-electron chi connectivity index (χ0n) is 14.2. The van der Waals surface area contributed by atoms with E-state index in [9.17, 15) is 9.59 Å². The van der Waals surface area contributed by atoms with Gasteiger partial charge in [-0.15, -0.1) is 0 Å². The summed E-state index contributed by atoms with van der Waals surface area (Å²) in [5.74, 6) is -0.0951. The number of nitrogens with one attached hydrogen (secondary N) is 1. The first kappa shape index (κ1) is 17.3. The zero-order valence-corrected chi connectivity index (χ0v) is 15.0. The standard InChI is InChI=1S/C19H20ClN3O2/c1-13(14-7-9-15(20)10-8-14)21-18(24)11-12-23-17-6-4-3-5-16(17)22(2)19(23)25/h3-10,13H,11-12H2,1-2H3,(H,21,24)/t13-/m1/s1. The fraction of sp³-hybridized carbons (Fsp3) is 0.263. The number of aryl methyl sites for hydroxylation is 2. The molecule has 0 saturated heterocycles. The number of amides is 1. The smallest absolute Gasteiger partial charge is 0.328 e. The molecule has 1 aromatic heterocycles. The summed E-state index contributed by atoms with van der Waals surface area (Å²) in [6.45, 7) is 2.27. The van der Waals surface area contributed by atoms with Crippen LogP contribution < -0.4 is 11.0 Å². The number of para-hydroxylation sites is 2. The zero-order chi connectivity index (χ0) is 18.0. The van der Waals surface area contributed by atoms with E-state index in [4.69, 9.17) is 11.6 Å². The maximum absolute atomic E-state index is 12.4. The Hall–Kier alpha value is -2.53. The number of imidazole rings is 1. The van der Waals surface area contributed by atoms with E-state index >= 15 is 0 Å². The summed E-state index contributed by atoms with van der Waals surface area (Å²) in [5.41, 5.74) is 2.58. The summed E-state index contributed by atoms with van der Waals surface area (Å²) >= 11 is 5.88. The molecule has 0 saturated carbocycles. The molecule has 1 amide bonds. The predicted molar refractivity (Wildman–Crippen MR) is 99.8 cm³/mol. The van der Waals surface area contributed by atoms with E-state index in [0.717, 1.165) is 16.6 Å². The van der Waals surface area contributed by atoms with E-state index in [1.54, 1.807) is 28.3 Å². The largest absolute Gasteiger partial charge is 0.350 e. The Balaban J connectivity index is 1.68. The van der Waals surface area contributed by atoms with Crippen molar-refractivity contribution in [2.75, 3.05) is 0 Å². The van der Waals surface area contributed by atoms with Crippen molar-refractivity contribution in [2.45, 2.75) is 25.9 Å². The molecule has 1 N–H and O–H groups in total. The number of aromatic nitrogens is 2. The van der Waals surface area contributed by atoms with Gasteiger partial charge in [-0.3, -0.25) is 13.9 Å². The molecule has 0 spiro atoms. The lowest BCUT2D eigenvalue weighted by Crippen LogP contribution is -2.29. The van der Waals surface area contributed by atoms with Crippen LogP contribution in [-0.2, 0) is 18.4 Å². The van der Waals surface area contributed by atoms with Gasteiger partial charge in [-0.25, -0.2) is 4.79 Å². The lowest BCUT2D eigenvalue weighted by Gasteiger charge is -2.14. The van der Waals surface area contributed by atoms with E-state index in [2.05, 4.69) is 5.32 Å². The highest BCUT2D eigenvalue weighted by Crippen LogP contribution is 2.16. The molecular weight excluding hydrogens is 338 g/mol. The van der Waals surface area contributed by atoms with Gasteiger partial charge in [-0.1, -0.05) is 35.9 Å². The third-order valence-corrected chi connectivity index (χ3v) is 4.61. The number of fused-ring (bicyclic) bond motifs is 1. The van der Waals surface area contributed by atoms with Crippen LogP contribution in [-0.4, -0.2) is 15.0 Å². The van der Waals surface area contributed by atoms with Gasteiger partial charge in [0.15, 0.2) is 0 Å². The Morgan fingerprint density at radius 1 is 1.12 bits per heavy atom. The average molecular weight is 358 g/mol. The molecule has 0 aliphatic carbocycles. The first-order chi connectivity index (χ1) is 12.0. The van der Waals surface area contributed by atoms with Gasteiger partial charge in [0.25, 0.3) is 0 Å². The maximum Gasteiger partial charge on any atom is 0.328 e. The van der Waals surface area contributed by atoms with Crippen LogP contribution in [0.15, 0.2) is 53.3 Å². The summed E-state index contributed by atoms with van der Waals surface area (Å²) < 4.78 is 3.24. The summed E-state index contributed by atoms with van der Waals surface area (Å²) in [6.07, 6.45) is 0.242. The van der Waals surface area contributed by atoms with Crippen molar-refractivity contribution in [1.29, 1.82) is 0 Å². The molecule has 0 aliphatic heterocycles. The summed E-state index contributed by atoms with van der Waals surface area (Å²) in [7, 11) is 1.74. The molecule has 6 heteroatoms. The van der Waals surface area contributed by atoms with E-state index in [0.29, 0.717) is 11.6 Å². The molecule has 1 atom stereocenters. The Kier molecular flexibility index (Phi) is 4.95. The second-order valence-corrected chi connectivity index (χ2v) is 6.51. The van der Waals surface area contributed by atoms with E-state index in [1.165, 1.54) is 0 Å². The van der Waals surface area contributed by atoms with Crippen molar-refractivity contribution in [3.8, 4) is 0 Å². The second kappa shape index (κ2) is 7.15. The highest BCUT2D eigenvalue weighted by molar-refractivity contribution is 6.30. The van der Waals surface area contributed by atoms with Gasteiger partial charge in [-0.05, 0) is 36.8 Å². The van der Waals surface area contributed by atoms with Gasteiger partial charge in [0.1, 0.15) is 0 Å². The van der Waals surface area contributed by atoms with Gasteiger partial charge >= 0.3 is 5.69 Å². The van der Waals surface area contributed by atoms with Crippen molar-refractivity contribution in [3.63, 3.8) is 0 Å². The number of halogens is 1. The molecule has 2 aromatic carbocycles. The Morgan fingerprint density at radius 3 is 2.44 bits per heavy atom. The molecule has 0 radical (unpaired) electrons. The Morgan fingerprint density at radius 2 is 1.76 bits per heavy atom. The molecule has 0 fully saturated rings. The highest BCUT2D eigenvalue weighted by Gasteiger charge is 2.13. The summed E-state index contributed by atoms with van der Waals surface area (Å²) in [5, 5.41) is 3.62. The van der Waals surface area contributed by atoms with Crippen LogP contribution in [0.5, 0.6) is 0 Å². The van der Waals surface area contributed by atoms with Crippen LogP contribution in [0.2, 0.25) is 5.02 Å². The van der Waals surface area contributed by atoms with Crippen LogP contribution in [0.25, 0.3) is 11.0 Å². The molecule has 130 valence electrons. The fourth-order valence-electron chi connectivity index (χ4n) is 2.94. The van der Waals surface area contributed by atoms with Crippen LogP contribution in [0.3, 0.4) is 0 Å². The third kappa shape index (κ3) is 3.61. The van der Waals surface area contributed by atoms with Crippen LogP contribution >= 0.6 is 11.6 Å². The van der Waals surface area contributed by atoms with Crippen molar-refractivity contribution >= 4 is 28.5 Å². The van der Waals surface area contributed by atoms with Crippen LogP contribution in [0, 0.1) is 0 Å². The van der Waals surface area contributed by atoms with Gasteiger partial charge < -0.3 is 5.32 Å². The molecule has 3 aromatic rings. The summed E-state index contributed by atoms with van der Waals surface area (Å²) in [6, 6.07) is 14.8. The number of rotatable bonds is 5. The highest BCUT2D eigenvalue weighted by atomic mass is 35.5. The van der Waals surface area contributed by atoms with Gasteiger partial charge in [0.05, 0.1) is 17.1 Å². The molecule has 25 heavy (non-hydrogen) atoms. The maximum atomic E-state index is 12.4. The normalized spacial score (nSPS) is 12.3. The minimum atomic E-state index is -0.117. The summed E-state index contributed by atoms with van der Waals surface area (Å²) in [4.78, 5) is 24.6. The van der Waals surface area contributed by atoms with Crippen molar-refractivity contribution < 1.29 is 4.79 Å². The first-order valence-electron chi connectivity index (χ1n) is 8.16. The number of nitrogens with zero attached hydrogens (tertiary/aromatic N) is 2. The molecule has 1 heterocycles. The van der Waals surface area contributed by atoms with Crippen molar-refractivity contribution in [3.05, 3.63) is 69.6 Å². The lowest BCUT2D eigenvalue weighted by atomic mass is 10.1. The van der Waals surface area contributed by atoms with Crippen molar-refractivity contribution in [2.24, 2.45) is 7.05 Å². The quantitative estimate of drug-likeness (QED) is 0.762. The number of benzene rings is 2. The number of hydrogen-bond donors (Lipinski definition) is 1. The van der Waals surface area contributed by atoms with Gasteiger partial charge in [0.2, 0.25) is 5.91 Å². The van der Waals surface area contributed by atoms with Gasteiger partial charge in [0, 0.05) is 25.0 Å². The average Bonchev–Trinajstić information content (AvgIpc) is 2.85. The molecule has 0 unspecified atom stereocenters. The molecule has 0 bridgehead atoms. The molecule has 3 rings (SSSR count). The minimum absolute atomic E-state index is 0.0951. The monoisotopic (exact) mass is 357 g/mol. The van der Waals surface area contributed by atoms with Crippen LogP contribution in [0.4, 0.5) is 0 Å². The van der Waals surface area contributed by atoms with Gasteiger partial charge in [-0.2, -0.15) is 0 Å². The molecule has 5 nitrogen and oxygen atoms in total. The first-order valence-corrected chi connectivity index (χ1v) is 8.54. The SMILES string of the molecule is C[C@@H](NC(=O)CCn1c(=O)n(C)c2ccccc21)c1ccc(Cl)cc1. The Labute approximate surface area is 150 Å². The topological polar surface area (TPSA) is 56.0 Å². The number of hydrogen-bond acceptors (Lipinski definition) is 2. The Bertz CT molecular complexity index is 957. The predicted octanol–water partition coefficient (Wildman–Crippen LogP) is 3.26. The van der Waals surface area contributed by atoms with E-state index < -0.39 is 0 Å². The van der Waals surface area contributed by atoms with Crippen molar-refractivity contribution in [1.82, 2.24) is 14.5 Å². The van der Waals surface area contributed by atoms with Crippen LogP contribution in [0.1, 0.15) is 24.9 Å². The lowest BCUT2D eigenvalue weighted by molar-refractivity contribution is -0.121. The van der Waals surface area contributed by atoms with E-state index in [-0.39, 0.29) is 24.1 Å². The second-order valence-electron chi connectivity index (χ2n) is 6.07. The van der Waals surface area contributed by atoms with E-state index in [1.807, 2.05) is 43.3 Å². The molecule has 0 aliphatic rings. The third-order valence-electron chi connectivity index (χ3n) is 4.36. The fourth-order valence-corrected chi connectivity index (χ4v) is 3.07. The number of carbonyl (C=O) groups excluding carboxylic acids is 1. The molecular formula is C19H20ClN3O2.